The number of ether oxygens (including phenoxy) is 1. The lowest BCUT2D eigenvalue weighted by Crippen LogP contribution is -2.00. The predicted octanol–water partition coefficient (Wildman–Crippen LogP) is 4.67. The molecular formula is C23H21N7O2. The summed E-state index contributed by atoms with van der Waals surface area (Å²) in [6.07, 6.45) is 3.52. The van der Waals surface area contributed by atoms with E-state index in [0.29, 0.717) is 29.0 Å². The predicted molar refractivity (Wildman–Crippen MR) is 126 cm³/mol. The van der Waals surface area contributed by atoms with Gasteiger partial charge in [0.2, 0.25) is 11.8 Å². The zero-order valence-electron chi connectivity index (χ0n) is 17.8. The van der Waals surface area contributed by atoms with Crippen molar-refractivity contribution < 1.29 is 9.15 Å². The second kappa shape index (κ2) is 8.03. The Kier molecular flexibility index (Phi) is 4.91. The molecule has 0 amide bonds. The molecule has 0 aliphatic carbocycles. The number of hydrogen-bond acceptors (Lipinski definition) is 9. The molecule has 0 atom stereocenters. The Hall–Kier alpha value is -4.40. The number of aromatic nitrogens is 4. The first-order valence-electron chi connectivity index (χ1n) is 10.0. The summed E-state index contributed by atoms with van der Waals surface area (Å²) in [5.74, 6) is 2.98. The fourth-order valence-corrected chi connectivity index (χ4v) is 3.50. The minimum atomic E-state index is 0.491. The van der Waals surface area contributed by atoms with E-state index in [1.165, 1.54) is 0 Å². The minimum absolute atomic E-state index is 0.491. The smallest absolute Gasteiger partial charge is 0.229 e. The summed E-state index contributed by atoms with van der Waals surface area (Å²) in [6, 6.07) is 13.2. The van der Waals surface area contributed by atoms with Crippen LogP contribution in [0.1, 0.15) is 0 Å². The lowest BCUT2D eigenvalue weighted by molar-refractivity contribution is 0.398. The van der Waals surface area contributed by atoms with Crippen LogP contribution in [0, 0.1) is 0 Å². The number of nitrogens with one attached hydrogen (secondary N) is 3. The van der Waals surface area contributed by atoms with Crippen LogP contribution in [0.3, 0.4) is 0 Å². The third-order valence-corrected chi connectivity index (χ3v) is 5.10. The Bertz CT molecular complexity index is 1430. The topological polar surface area (TPSA) is 110 Å². The molecule has 0 radical (unpaired) electrons. The van der Waals surface area contributed by atoms with Gasteiger partial charge in [0.25, 0.3) is 0 Å². The first kappa shape index (κ1) is 19.6. The van der Waals surface area contributed by atoms with Crippen molar-refractivity contribution in [1.29, 1.82) is 0 Å². The Morgan fingerprint density at radius 2 is 1.78 bits per heavy atom. The van der Waals surface area contributed by atoms with E-state index in [1.807, 2.05) is 50.5 Å². The van der Waals surface area contributed by atoms with Crippen LogP contribution >= 0.6 is 0 Å². The summed E-state index contributed by atoms with van der Waals surface area (Å²) < 4.78 is 11.3. The highest BCUT2D eigenvalue weighted by Crippen LogP contribution is 2.34. The van der Waals surface area contributed by atoms with Gasteiger partial charge in [-0.15, -0.1) is 0 Å². The zero-order chi connectivity index (χ0) is 22.1. The Labute approximate surface area is 183 Å². The van der Waals surface area contributed by atoms with E-state index < -0.39 is 0 Å². The molecule has 3 N–H and O–H groups in total. The zero-order valence-corrected chi connectivity index (χ0v) is 17.8. The fraction of sp³-hybridized carbons (Fsp3) is 0.130. The molecule has 5 rings (SSSR count). The number of methoxy groups -OCH3 is 1. The van der Waals surface area contributed by atoms with Gasteiger partial charge in [0, 0.05) is 49.0 Å². The number of hydrogen-bond donors (Lipinski definition) is 3. The van der Waals surface area contributed by atoms with Crippen LogP contribution in [0.15, 0.2) is 59.3 Å². The molecule has 0 aliphatic heterocycles. The van der Waals surface area contributed by atoms with E-state index in [4.69, 9.17) is 14.1 Å². The lowest BCUT2D eigenvalue weighted by atomic mass is 10.1. The molecule has 9 heteroatoms. The third kappa shape index (κ3) is 3.49. The second-order valence-electron chi connectivity index (χ2n) is 7.03. The second-order valence-corrected chi connectivity index (χ2v) is 7.03. The van der Waals surface area contributed by atoms with Gasteiger partial charge < -0.3 is 25.1 Å². The van der Waals surface area contributed by atoms with Gasteiger partial charge in [-0.1, -0.05) is 6.07 Å². The standard InChI is InChI=1S/C23H21N7O2/c1-24-13-7-8-18-17(9-13)28-23(32-18)16-12-27-22(25-2)15-11-26-20(10-14(15)16)29-19-5-4-6-21(30-19)31-3/h4-12,24H,1-3H3,(H,25,27)(H,26,29,30). The number of pyridine rings is 3. The van der Waals surface area contributed by atoms with Gasteiger partial charge in [-0.25, -0.2) is 15.0 Å². The average Bonchev–Trinajstić information content (AvgIpc) is 3.26. The molecular weight excluding hydrogens is 406 g/mol. The van der Waals surface area contributed by atoms with Crippen LogP contribution in [0.4, 0.5) is 23.1 Å². The minimum Gasteiger partial charge on any atom is -0.481 e. The SMILES string of the molecule is CNc1ccc2oc(-c3cnc(NC)c4cnc(Nc5cccc(OC)n5)cc34)nc2c1. The van der Waals surface area contributed by atoms with Gasteiger partial charge in [-0.2, -0.15) is 4.98 Å². The Balaban J connectivity index is 1.63. The molecule has 0 aliphatic rings. The fourth-order valence-electron chi connectivity index (χ4n) is 3.50. The maximum Gasteiger partial charge on any atom is 0.229 e. The van der Waals surface area contributed by atoms with E-state index in [1.54, 1.807) is 25.6 Å². The molecule has 0 spiro atoms. The normalized spacial score (nSPS) is 11.0. The first-order chi connectivity index (χ1) is 15.7. The summed E-state index contributed by atoms with van der Waals surface area (Å²) >= 11 is 0. The van der Waals surface area contributed by atoms with Crippen LogP contribution in [0.5, 0.6) is 5.88 Å². The molecule has 0 fully saturated rings. The highest BCUT2D eigenvalue weighted by molar-refractivity contribution is 6.01. The van der Waals surface area contributed by atoms with Gasteiger partial charge in [0.1, 0.15) is 23.0 Å². The van der Waals surface area contributed by atoms with E-state index in [9.17, 15) is 0 Å². The van der Waals surface area contributed by atoms with Crippen molar-refractivity contribution in [3.8, 4) is 17.3 Å². The van der Waals surface area contributed by atoms with Crippen LogP contribution < -0.4 is 20.7 Å². The summed E-state index contributed by atoms with van der Waals surface area (Å²) in [5.41, 5.74) is 3.21. The maximum atomic E-state index is 6.05. The van der Waals surface area contributed by atoms with Gasteiger partial charge in [-0.05, 0) is 30.3 Å². The van der Waals surface area contributed by atoms with Crippen molar-refractivity contribution in [3.63, 3.8) is 0 Å². The molecule has 5 aromatic rings. The van der Waals surface area contributed by atoms with Crippen LogP contribution in [0.2, 0.25) is 0 Å². The first-order valence-corrected chi connectivity index (χ1v) is 10.0. The summed E-state index contributed by atoms with van der Waals surface area (Å²) in [6.45, 7) is 0. The van der Waals surface area contributed by atoms with Crippen LogP contribution in [-0.2, 0) is 0 Å². The monoisotopic (exact) mass is 427 g/mol. The molecule has 4 aromatic heterocycles. The van der Waals surface area contributed by atoms with Crippen molar-refractivity contribution in [1.82, 2.24) is 19.9 Å². The molecule has 32 heavy (non-hydrogen) atoms. The summed E-state index contributed by atoms with van der Waals surface area (Å²) in [4.78, 5) is 18.2. The quantitative estimate of drug-likeness (QED) is 0.356. The lowest BCUT2D eigenvalue weighted by Gasteiger charge is -2.11. The molecule has 1 aromatic carbocycles. The number of oxazole rings is 1. The average molecular weight is 427 g/mol. The molecule has 0 saturated heterocycles. The molecule has 0 saturated carbocycles. The Morgan fingerprint density at radius 1 is 0.875 bits per heavy atom. The number of benzene rings is 1. The van der Waals surface area contributed by atoms with Gasteiger partial charge in [0.05, 0.1) is 12.7 Å². The molecule has 0 unspecified atom stereocenters. The molecule has 0 bridgehead atoms. The van der Waals surface area contributed by atoms with Crippen LogP contribution in [0.25, 0.3) is 33.3 Å². The van der Waals surface area contributed by atoms with Gasteiger partial charge >= 0.3 is 0 Å². The Morgan fingerprint density at radius 3 is 2.59 bits per heavy atom. The van der Waals surface area contributed by atoms with Crippen molar-refractivity contribution in [2.24, 2.45) is 0 Å². The molecule has 4 heterocycles. The maximum absolute atomic E-state index is 6.05. The van der Waals surface area contributed by atoms with E-state index in [0.717, 1.165) is 33.4 Å². The van der Waals surface area contributed by atoms with E-state index in [-0.39, 0.29) is 0 Å². The number of fused-ring (bicyclic) bond motifs is 2. The number of anilines is 4. The largest absolute Gasteiger partial charge is 0.481 e. The highest BCUT2D eigenvalue weighted by atomic mass is 16.5. The van der Waals surface area contributed by atoms with Crippen LogP contribution in [-0.4, -0.2) is 41.1 Å². The van der Waals surface area contributed by atoms with Crippen molar-refractivity contribution in [2.45, 2.75) is 0 Å². The number of nitrogens with zero attached hydrogens (tertiary/aromatic N) is 4. The summed E-state index contributed by atoms with van der Waals surface area (Å²) in [7, 11) is 5.28. The molecule has 9 nitrogen and oxygen atoms in total. The number of rotatable bonds is 6. The highest BCUT2D eigenvalue weighted by Gasteiger charge is 2.16. The van der Waals surface area contributed by atoms with Crippen molar-refractivity contribution >= 4 is 45.0 Å². The van der Waals surface area contributed by atoms with Crippen molar-refractivity contribution in [2.75, 3.05) is 37.2 Å². The van der Waals surface area contributed by atoms with E-state index >= 15 is 0 Å². The van der Waals surface area contributed by atoms with Gasteiger partial charge in [0.15, 0.2) is 5.58 Å². The molecule has 160 valence electrons. The van der Waals surface area contributed by atoms with E-state index in [2.05, 4.69) is 30.9 Å². The van der Waals surface area contributed by atoms with Crippen molar-refractivity contribution in [3.05, 3.63) is 54.9 Å². The summed E-state index contributed by atoms with van der Waals surface area (Å²) in [5, 5.41) is 11.2. The third-order valence-electron chi connectivity index (χ3n) is 5.10. The van der Waals surface area contributed by atoms with Gasteiger partial charge in [-0.3, -0.25) is 0 Å².